The van der Waals surface area contributed by atoms with Gasteiger partial charge in [-0.1, -0.05) is 30.6 Å². The molecule has 186 valence electrons. The van der Waals surface area contributed by atoms with Crippen LogP contribution in [0, 0.1) is 11.8 Å². The number of furan rings is 1. The fraction of sp³-hybridized carbons (Fsp3) is 0.560. The van der Waals surface area contributed by atoms with Crippen LogP contribution in [-0.4, -0.2) is 64.5 Å². The van der Waals surface area contributed by atoms with Gasteiger partial charge in [0.15, 0.2) is 16.7 Å². The number of amides is 3. The molecule has 35 heavy (non-hydrogen) atoms. The van der Waals surface area contributed by atoms with Crippen LogP contribution in [0.4, 0.5) is 5.13 Å². The Morgan fingerprint density at radius 2 is 1.80 bits per heavy atom. The summed E-state index contributed by atoms with van der Waals surface area (Å²) in [6.07, 6.45) is 8.30. The van der Waals surface area contributed by atoms with Crippen LogP contribution < -0.4 is 5.32 Å². The second-order valence-electron chi connectivity index (χ2n) is 9.67. The van der Waals surface area contributed by atoms with Crippen LogP contribution >= 0.6 is 11.3 Å². The number of hydrogen-bond acceptors (Lipinski definition) is 7. The Hall–Kier alpha value is -3.01. The molecule has 3 aliphatic rings. The molecule has 5 rings (SSSR count). The third kappa shape index (κ3) is 5.32. The van der Waals surface area contributed by atoms with Gasteiger partial charge in [0.25, 0.3) is 5.91 Å². The standard InChI is InChI=1S/C25H30N4O5S/c30-19-15-17(23(32)28-8-10-29(11-9-28)24(33)20-7-4-12-34-20)14-18-22(19)35-25(26-18)27-21(31)13-16-5-2-1-3-6-16/h4,7,12,16-17H,1-3,5-6,8-11,13-15H2,(H,26,27,31)/t17-/m0/s1. The molecule has 0 unspecified atom stereocenters. The van der Waals surface area contributed by atoms with Crippen molar-refractivity contribution < 1.29 is 23.6 Å². The van der Waals surface area contributed by atoms with Gasteiger partial charge < -0.3 is 19.5 Å². The highest BCUT2D eigenvalue weighted by Crippen LogP contribution is 2.34. The van der Waals surface area contributed by atoms with E-state index < -0.39 is 5.92 Å². The van der Waals surface area contributed by atoms with Crippen LogP contribution in [0.15, 0.2) is 22.8 Å². The highest BCUT2D eigenvalue weighted by atomic mass is 32.1. The second kappa shape index (κ2) is 10.3. The lowest BCUT2D eigenvalue weighted by Crippen LogP contribution is -2.52. The Bertz CT molecular complexity index is 1100. The van der Waals surface area contributed by atoms with Gasteiger partial charge >= 0.3 is 0 Å². The largest absolute Gasteiger partial charge is 0.459 e. The Morgan fingerprint density at radius 1 is 1.06 bits per heavy atom. The van der Waals surface area contributed by atoms with Crippen molar-refractivity contribution in [2.75, 3.05) is 31.5 Å². The predicted molar refractivity (Wildman–Crippen MR) is 129 cm³/mol. The van der Waals surface area contributed by atoms with Crippen LogP contribution in [-0.2, 0) is 16.0 Å². The molecule has 2 aromatic rings. The average molecular weight is 499 g/mol. The molecule has 1 saturated heterocycles. The van der Waals surface area contributed by atoms with Crippen LogP contribution in [0.2, 0.25) is 0 Å². The minimum atomic E-state index is -0.463. The zero-order valence-corrected chi connectivity index (χ0v) is 20.5. The van der Waals surface area contributed by atoms with Crippen molar-refractivity contribution >= 4 is 40.0 Å². The van der Waals surface area contributed by atoms with Crippen molar-refractivity contribution in [2.45, 2.75) is 51.4 Å². The van der Waals surface area contributed by atoms with E-state index >= 15 is 0 Å². The smallest absolute Gasteiger partial charge is 0.289 e. The molecule has 0 spiro atoms. The summed E-state index contributed by atoms with van der Waals surface area (Å²) in [5, 5.41) is 3.32. The lowest BCUT2D eigenvalue weighted by Gasteiger charge is -2.36. The van der Waals surface area contributed by atoms with Crippen molar-refractivity contribution in [3.8, 4) is 0 Å². The topological polar surface area (TPSA) is 113 Å². The zero-order valence-electron chi connectivity index (χ0n) is 19.7. The molecule has 9 nitrogen and oxygen atoms in total. The maximum atomic E-state index is 13.2. The quantitative estimate of drug-likeness (QED) is 0.676. The first-order valence-corrected chi connectivity index (χ1v) is 13.2. The summed E-state index contributed by atoms with van der Waals surface area (Å²) in [5.74, 6) is -0.149. The third-order valence-corrected chi connectivity index (χ3v) is 8.28. The van der Waals surface area contributed by atoms with Gasteiger partial charge in [0.05, 0.1) is 22.8 Å². The summed E-state index contributed by atoms with van der Waals surface area (Å²) in [6, 6.07) is 3.30. The Labute approximate surface area is 207 Å². The molecule has 1 N–H and O–H groups in total. The minimum absolute atomic E-state index is 0.0509. The van der Waals surface area contributed by atoms with Crippen LogP contribution in [0.5, 0.6) is 0 Å². The van der Waals surface area contributed by atoms with Crippen molar-refractivity contribution in [1.82, 2.24) is 14.8 Å². The van der Waals surface area contributed by atoms with Gasteiger partial charge in [-0.15, -0.1) is 0 Å². The maximum absolute atomic E-state index is 13.2. The summed E-state index contributed by atoms with van der Waals surface area (Å²) in [5.41, 5.74) is 0.601. The monoisotopic (exact) mass is 498 g/mol. The maximum Gasteiger partial charge on any atom is 0.289 e. The predicted octanol–water partition coefficient (Wildman–Crippen LogP) is 3.37. The number of hydrogen-bond donors (Lipinski definition) is 1. The van der Waals surface area contributed by atoms with E-state index in [9.17, 15) is 19.2 Å². The van der Waals surface area contributed by atoms with Gasteiger partial charge in [-0.3, -0.25) is 19.2 Å². The molecular formula is C25H30N4O5S. The van der Waals surface area contributed by atoms with E-state index in [0.29, 0.717) is 66.4 Å². The van der Waals surface area contributed by atoms with Gasteiger partial charge in [0.2, 0.25) is 11.8 Å². The van der Waals surface area contributed by atoms with Gasteiger partial charge in [0, 0.05) is 45.4 Å². The molecule has 3 heterocycles. The number of ketones is 1. The number of fused-ring (bicyclic) bond motifs is 1. The zero-order chi connectivity index (χ0) is 24.4. The van der Waals surface area contributed by atoms with Crippen molar-refractivity contribution in [3.05, 3.63) is 34.7 Å². The molecule has 10 heteroatoms. The molecule has 1 atom stereocenters. The Kier molecular flexibility index (Phi) is 6.99. The van der Waals surface area contributed by atoms with Gasteiger partial charge in [-0.05, 0) is 30.9 Å². The van der Waals surface area contributed by atoms with E-state index in [-0.39, 0.29) is 29.9 Å². The normalized spacial score (nSPS) is 21.0. The van der Waals surface area contributed by atoms with E-state index in [0.717, 1.165) is 12.8 Å². The number of carbonyl (C=O) groups is 4. The number of rotatable bonds is 5. The van der Waals surface area contributed by atoms with Crippen molar-refractivity contribution in [2.24, 2.45) is 11.8 Å². The molecule has 1 aliphatic heterocycles. The summed E-state index contributed by atoms with van der Waals surface area (Å²) in [7, 11) is 0. The molecule has 1 saturated carbocycles. The lowest BCUT2D eigenvalue weighted by molar-refractivity contribution is -0.137. The summed E-state index contributed by atoms with van der Waals surface area (Å²) in [6.45, 7) is 1.68. The van der Waals surface area contributed by atoms with Crippen LogP contribution in [0.25, 0.3) is 0 Å². The summed E-state index contributed by atoms with van der Waals surface area (Å²) < 4.78 is 5.19. The Morgan fingerprint density at radius 3 is 2.51 bits per heavy atom. The van der Waals surface area contributed by atoms with Crippen LogP contribution in [0.3, 0.4) is 0 Å². The molecule has 0 radical (unpaired) electrons. The molecule has 0 bridgehead atoms. The van der Waals surface area contributed by atoms with Gasteiger partial charge in [-0.25, -0.2) is 4.98 Å². The molecule has 3 amide bonds. The van der Waals surface area contributed by atoms with E-state index in [1.54, 1.807) is 21.9 Å². The summed E-state index contributed by atoms with van der Waals surface area (Å²) >= 11 is 1.21. The number of nitrogens with one attached hydrogen (secondary N) is 1. The van der Waals surface area contributed by atoms with E-state index in [4.69, 9.17) is 4.42 Å². The van der Waals surface area contributed by atoms with Crippen molar-refractivity contribution in [1.29, 1.82) is 0 Å². The van der Waals surface area contributed by atoms with Gasteiger partial charge in [0.1, 0.15) is 0 Å². The Balaban J connectivity index is 1.16. The molecular weight excluding hydrogens is 468 g/mol. The number of carbonyl (C=O) groups excluding carboxylic acids is 4. The number of anilines is 1. The van der Waals surface area contributed by atoms with Crippen molar-refractivity contribution in [3.63, 3.8) is 0 Å². The van der Waals surface area contributed by atoms with E-state index in [2.05, 4.69) is 10.3 Å². The fourth-order valence-electron chi connectivity index (χ4n) is 5.33. The first kappa shape index (κ1) is 23.7. The first-order valence-electron chi connectivity index (χ1n) is 12.4. The van der Waals surface area contributed by atoms with E-state index in [1.165, 1.54) is 36.9 Å². The molecule has 2 aliphatic carbocycles. The third-order valence-electron chi connectivity index (χ3n) is 7.23. The number of Topliss-reactive ketones (excluding diaryl/α,β-unsaturated/α-hetero) is 1. The average Bonchev–Trinajstić information content (AvgIpc) is 3.54. The first-order chi connectivity index (χ1) is 17.0. The minimum Gasteiger partial charge on any atom is -0.459 e. The van der Waals surface area contributed by atoms with E-state index in [1.807, 2.05) is 0 Å². The number of aromatic nitrogens is 1. The fourth-order valence-corrected chi connectivity index (χ4v) is 6.28. The molecule has 0 aromatic carbocycles. The molecule has 2 aromatic heterocycles. The number of piperazine rings is 1. The molecule has 2 fully saturated rings. The number of thiazole rings is 1. The highest BCUT2D eigenvalue weighted by Gasteiger charge is 2.36. The lowest BCUT2D eigenvalue weighted by atomic mass is 9.87. The van der Waals surface area contributed by atoms with Crippen LogP contribution in [0.1, 0.15) is 70.9 Å². The second-order valence-corrected chi connectivity index (χ2v) is 10.7. The van der Waals surface area contributed by atoms with Gasteiger partial charge in [-0.2, -0.15) is 0 Å². The highest BCUT2D eigenvalue weighted by molar-refractivity contribution is 7.17. The summed E-state index contributed by atoms with van der Waals surface area (Å²) in [4.78, 5) is 59.4. The SMILES string of the molecule is O=C(CC1CCCCC1)Nc1nc2c(s1)C(=O)C[C@@H](C(=O)N1CCN(C(=O)c3ccco3)CC1)C2. The number of nitrogens with zero attached hydrogens (tertiary/aromatic N) is 3.